The molecule has 0 radical (unpaired) electrons. The van der Waals surface area contributed by atoms with Crippen molar-refractivity contribution in [3.63, 3.8) is 0 Å². The third kappa shape index (κ3) is 12.2. The van der Waals surface area contributed by atoms with Gasteiger partial charge in [-0.05, 0) is 38.8 Å². The van der Waals surface area contributed by atoms with Gasteiger partial charge in [0, 0.05) is 18.9 Å². The van der Waals surface area contributed by atoms with Gasteiger partial charge in [-0.2, -0.15) is 0 Å². The normalized spacial score (nSPS) is 20.1. The summed E-state index contributed by atoms with van der Waals surface area (Å²) < 4.78 is 0. The predicted octanol–water partition coefficient (Wildman–Crippen LogP) is 0.420. The summed E-state index contributed by atoms with van der Waals surface area (Å²) in [4.78, 5) is 51.6. The molecule has 2 atom stereocenters. The van der Waals surface area contributed by atoms with E-state index in [1.807, 2.05) is 31.2 Å². The Kier molecular flexibility index (Phi) is 13.9. The van der Waals surface area contributed by atoms with Gasteiger partial charge in [-0.3, -0.25) is 29.7 Å². The Bertz CT molecular complexity index is 1030. The van der Waals surface area contributed by atoms with Crippen LogP contribution >= 0.6 is 0 Å². The smallest absolute Gasteiger partial charge is 0.251 e. The van der Waals surface area contributed by atoms with Crippen LogP contribution in [0.1, 0.15) is 43.7 Å². The van der Waals surface area contributed by atoms with Crippen LogP contribution in [0.5, 0.6) is 0 Å². The number of benzene rings is 1. The van der Waals surface area contributed by atoms with Gasteiger partial charge < -0.3 is 10.5 Å². The second-order valence-corrected chi connectivity index (χ2v) is 9.65. The van der Waals surface area contributed by atoms with Crippen LogP contribution in [-0.4, -0.2) is 77.8 Å². The molecule has 212 valence electrons. The van der Waals surface area contributed by atoms with Crippen LogP contribution < -0.4 is 22.0 Å². The largest absolute Gasteiger partial charge is 0.369 e. The molecule has 2 rings (SSSR count). The first-order valence-electron chi connectivity index (χ1n) is 13.2. The number of amides is 3. The van der Waals surface area contributed by atoms with Crippen molar-refractivity contribution in [1.82, 2.24) is 31.3 Å². The fourth-order valence-electron chi connectivity index (χ4n) is 3.97. The minimum atomic E-state index is -0.621. The van der Waals surface area contributed by atoms with Crippen LogP contribution in [0.4, 0.5) is 0 Å². The van der Waals surface area contributed by atoms with E-state index in [0.717, 1.165) is 30.5 Å². The van der Waals surface area contributed by atoms with E-state index in [2.05, 4.69) is 39.6 Å². The summed E-state index contributed by atoms with van der Waals surface area (Å²) in [7, 11) is 0. The van der Waals surface area contributed by atoms with Gasteiger partial charge in [0.1, 0.15) is 6.29 Å². The number of hydrogen-bond acceptors (Lipinski definition) is 8. The van der Waals surface area contributed by atoms with Gasteiger partial charge in [0.15, 0.2) is 0 Å². The number of carbonyl (C=O) groups is 4. The zero-order chi connectivity index (χ0) is 28.6. The van der Waals surface area contributed by atoms with Crippen LogP contribution in [0.15, 0.2) is 36.9 Å². The number of aryl methyl sites for hydroxylation is 1. The van der Waals surface area contributed by atoms with Crippen LogP contribution in [0.2, 0.25) is 0 Å². The quantitative estimate of drug-likeness (QED) is 0.212. The molecule has 1 aliphatic heterocycles. The van der Waals surface area contributed by atoms with Crippen molar-refractivity contribution >= 4 is 24.0 Å². The molecule has 1 aliphatic rings. The van der Waals surface area contributed by atoms with Crippen LogP contribution in [0, 0.1) is 24.7 Å². The maximum Gasteiger partial charge on any atom is 0.251 e. The lowest BCUT2D eigenvalue weighted by Gasteiger charge is -2.27. The lowest BCUT2D eigenvalue weighted by atomic mass is 9.97. The molecule has 11 heteroatoms. The molecule has 0 unspecified atom stereocenters. The minimum Gasteiger partial charge on any atom is -0.369 e. The van der Waals surface area contributed by atoms with Gasteiger partial charge in [0.25, 0.3) is 5.91 Å². The summed E-state index contributed by atoms with van der Waals surface area (Å²) in [5.74, 6) is 4.18. The Morgan fingerprint density at radius 3 is 2.62 bits per heavy atom. The highest BCUT2D eigenvalue weighted by atomic mass is 16.2. The summed E-state index contributed by atoms with van der Waals surface area (Å²) in [6, 6.07) is 7.13. The predicted molar refractivity (Wildman–Crippen MR) is 149 cm³/mol. The number of carbonyl (C=O) groups excluding carboxylic acids is 4. The van der Waals surface area contributed by atoms with Gasteiger partial charge in [-0.25, -0.2) is 10.9 Å². The number of rotatable bonds is 8. The standard InChI is InChI=1S/C28H41N7O4/c1-4-14-33-15-6-5-9-25(28(29)39)18-27(38)34(20-24-12-10-22(2)11-13-24)30-19-26(37)32-35(17-8-7-16-33)31-23(3)21-36/h4,10-13,21,23,25,30-31H,1,5-6,9,14-20H2,2-3H3,(H2,29,39)(H,32,37)/t23-,25+/m0/s1. The van der Waals surface area contributed by atoms with Gasteiger partial charge in [-0.1, -0.05) is 54.2 Å². The highest BCUT2D eigenvalue weighted by Gasteiger charge is 2.24. The molecule has 11 nitrogen and oxygen atoms in total. The third-order valence-electron chi connectivity index (χ3n) is 6.17. The molecule has 0 aliphatic carbocycles. The third-order valence-corrected chi connectivity index (χ3v) is 6.17. The highest BCUT2D eigenvalue weighted by molar-refractivity contribution is 5.85. The lowest BCUT2D eigenvalue weighted by Crippen LogP contribution is -2.57. The van der Waals surface area contributed by atoms with Crippen molar-refractivity contribution in [3.8, 4) is 11.8 Å². The SMILES string of the molecule is C=CCN1CC#CCN(N[C@@H](C)C=O)NC(=O)CNN(Cc2ccc(C)cc2)C(=O)C[C@H](C(N)=O)CCCC1. The fourth-order valence-corrected chi connectivity index (χ4v) is 3.97. The average Bonchev–Trinajstić information content (AvgIpc) is 2.90. The number of hydrazine groups is 3. The zero-order valence-electron chi connectivity index (χ0n) is 22.9. The Hall–Kier alpha value is -3.56. The van der Waals surface area contributed by atoms with E-state index in [4.69, 9.17) is 5.73 Å². The molecule has 39 heavy (non-hydrogen) atoms. The maximum atomic E-state index is 13.3. The maximum absolute atomic E-state index is 13.3. The number of nitrogens with zero attached hydrogens (tertiary/aromatic N) is 3. The van der Waals surface area contributed by atoms with E-state index in [9.17, 15) is 19.2 Å². The molecular weight excluding hydrogens is 498 g/mol. The van der Waals surface area contributed by atoms with E-state index < -0.39 is 23.8 Å². The molecule has 0 saturated carbocycles. The number of hydrogen-bond donors (Lipinski definition) is 4. The summed E-state index contributed by atoms with van der Waals surface area (Å²) >= 11 is 0. The van der Waals surface area contributed by atoms with Gasteiger partial charge in [-0.15, -0.1) is 11.7 Å². The molecule has 1 aromatic carbocycles. The van der Waals surface area contributed by atoms with E-state index in [1.165, 1.54) is 10.1 Å². The summed E-state index contributed by atoms with van der Waals surface area (Å²) in [6.45, 7) is 9.41. The summed E-state index contributed by atoms with van der Waals surface area (Å²) in [5.41, 5.74) is 16.0. The Balaban J connectivity index is 2.26. The van der Waals surface area contributed by atoms with Crippen molar-refractivity contribution < 1.29 is 19.2 Å². The van der Waals surface area contributed by atoms with Gasteiger partial charge >= 0.3 is 0 Å². The van der Waals surface area contributed by atoms with Crippen LogP contribution in [0.3, 0.4) is 0 Å². The molecular formula is C28H41N7O4. The van der Waals surface area contributed by atoms with E-state index in [1.54, 1.807) is 13.0 Å². The molecule has 0 bridgehead atoms. The Morgan fingerprint density at radius 1 is 1.23 bits per heavy atom. The van der Waals surface area contributed by atoms with E-state index in [0.29, 0.717) is 25.8 Å². The van der Waals surface area contributed by atoms with Crippen LogP contribution in [-0.2, 0) is 25.7 Å². The second-order valence-electron chi connectivity index (χ2n) is 9.65. The topological polar surface area (TPSA) is 140 Å². The molecule has 0 spiro atoms. The first kappa shape index (κ1) is 31.7. The van der Waals surface area contributed by atoms with Crippen LogP contribution in [0.25, 0.3) is 0 Å². The van der Waals surface area contributed by atoms with Crippen molar-refractivity contribution in [2.45, 2.75) is 52.1 Å². The number of nitrogens with one attached hydrogen (secondary N) is 3. The number of aldehydes is 1. The first-order chi connectivity index (χ1) is 18.7. The molecule has 0 aromatic heterocycles. The molecule has 1 heterocycles. The minimum absolute atomic E-state index is 0.0673. The van der Waals surface area contributed by atoms with E-state index in [-0.39, 0.29) is 32.0 Å². The Labute approximate surface area is 231 Å². The van der Waals surface area contributed by atoms with E-state index >= 15 is 0 Å². The molecule has 3 amide bonds. The van der Waals surface area contributed by atoms with Gasteiger partial charge in [0.2, 0.25) is 11.8 Å². The molecule has 5 N–H and O–H groups in total. The summed E-state index contributed by atoms with van der Waals surface area (Å²) in [6.07, 6.45) is 4.46. The van der Waals surface area contributed by atoms with Crippen molar-refractivity contribution in [1.29, 1.82) is 0 Å². The number of primary amides is 1. The highest BCUT2D eigenvalue weighted by Crippen LogP contribution is 2.16. The first-order valence-corrected chi connectivity index (χ1v) is 13.2. The molecule has 1 aromatic rings. The zero-order valence-corrected chi connectivity index (χ0v) is 22.9. The number of nitrogens with two attached hydrogens (primary N) is 1. The monoisotopic (exact) mass is 539 g/mol. The average molecular weight is 540 g/mol. The second kappa shape index (κ2) is 17.1. The fraction of sp³-hybridized carbons (Fsp3) is 0.500. The summed E-state index contributed by atoms with van der Waals surface area (Å²) in [5, 5.41) is 2.70. The molecule has 0 saturated heterocycles. The Morgan fingerprint density at radius 2 is 1.95 bits per heavy atom. The molecule has 0 fully saturated rings. The van der Waals surface area contributed by atoms with Crippen molar-refractivity contribution in [3.05, 3.63) is 48.0 Å². The van der Waals surface area contributed by atoms with Gasteiger partial charge in [0.05, 0.1) is 32.2 Å². The van der Waals surface area contributed by atoms with Crippen molar-refractivity contribution in [2.24, 2.45) is 11.7 Å². The van der Waals surface area contributed by atoms with Crippen molar-refractivity contribution in [2.75, 3.05) is 32.7 Å². The lowest BCUT2D eigenvalue weighted by molar-refractivity contribution is -0.140.